The molecule has 0 saturated carbocycles. The van der Waals surface area contributed by atoms with Gasteiger partial charge in [-0.05, 0) is 67.3 Å². The van der Waals surface area contributed by atoms with Gasteiger partial charge < -0.3 is 14.4 Å². The van der Waals surface area contributed by atoms with Crippen molar-refractivity contribution in [3.05, 3.63) is 27.9 Å². The number of hydrogen-bond donors (Lipinski definition) is 2. The molecule has 2 heterocycles. The zero-order valence-corrected chi connectivity index (χ0v) is 15.0. The summed E-state index contributed by atoms with van der Waals surface area (Å²) in [4.78, 5) is 4.25. The Morgan fingerprint density at radius 2 is 1.90 bits per heavy atom. The first kappa shape index (κ1) is 16.9. The van der Waals surface area contributed by atoms with Crippen LogP contribution in [0.5, 0.6) is 5.75 Å². The summed E-state index contributed by atoms with van der Waals surface area (Å²) in [5, 5.41) is 9.89. The number of rotatable bonds is 3. The SMILES string of the molecule is CC1(C)OB(C(=Cc2nc(Br)ccc2O)CS)OC1(C)C. The molecular formula is C14H19BBrNO3S. The molecule has 1 fully saturated rings. The highest BCUT2D eigenvalue weighted by Gasteiger charge is 2.52. The quantitative estimate of drug-likeness (QED) is 0.485. The second-order valence-electron chi connectivity index (χ2n) is 6.00. The van der Waals surface area contributed by atoms with Crippen LogP contribution in [-0.2, 0) is 9.31 Å². The molecule has 0 atom stereocenters. The molecule has 1 saturated heterocycles. The van der Waals surface area contributed by atoms with Gasteiger partial charge in [0.1, 0.15) is 16.0 Å². The summed E-state index contributed by atoms with van der Waals surface area (Å²) >= 11 is 7.64. The van der Waals surface area contributed by atoms with Gasteiger partial charge in [-0.1, -0.05) is 0 Å². The maximum atomic E-state index is 9.89. The van der Waals surface area contributed by atoms with Crippen molar-refractivity contribution in [2.75, 3.05) is 5.75 Å². The largest absolute Gasteiger partial charge is 0.506 e. The lowest BCUT2D eigenvalue weighted by Gasteiger charge is -2.32. The van der Waals surface area contributed by atoms with E-state index >= 15 is 0 Å². The molecule has 0 amide bonds. The highest BCUT2D eigenvalue weighted by molar-refractivity contribution is 9.10. The Kier molecular flexibility index (Phi) is 4.78. The third kappa shape index (κ3) is 3.47. The fraction of sp³-hybridized carbons (Fsp3) is 0.500. The molecule has 0 radical (unpaired) electrons. The van der Waals surface area contributed by atoms with Gasteiger partial charge in [-0.2, -0.15) is 12.6 Å². The summed E-state index contributed by atoms with van der Waals surface area (Å²) < 4.78 is 12.6. The predicted octanol–water partition coefficient (Wildman–Crippen LogP) is 3.49. The molecule has 1 aliphatic rings. The Morgan fingerprint density at radius 1 is 1.33 bits per heavy atom. The number of halogens is 1. The molecule has 21 heavy (non-hydrogen) atoms. The maximum absolute atomic E-state index is 9.89. The van der Waals surface area contributed by atoms with Crippen molar-refractivity contribution in [1.29, 1.82) is 0 Å². The van der Waals surface area contributed by atoms with Crippen molar-refractivity contribution in [2.45, 2.75) is 38.9 Å². The molecule has 0 unspecified atom stereocenters. The van der Waals surface area contributed by atoms with E-state index in [0.717, 1.165) is 5.47 Å². The number of thiol groups is 1. The molecule has 1 aromatic rings. The summed E-state index contributed by atoms with van der Waals surface area (Å²) in [6.45, 7) is 7.99. The molecule has 7 heteroatoms. The van der Waals surface area contributed by atoms with Crippen LogP contribution >= 0.6 is 28.6 Å². The molecular weight excluding hydrogens is 353 g/mol. The second-order valence-corrected chi connectivity index (χ2v) is 7.13. The topological polar surface area (TPSA) is 51.6 Å². The first-order valence-electron chi connectivity index (χ1n) is 6.69. The van der Waals surface area contributed by atoms with Gasteiger partial charge in [0.25, 0.3) is 0 Å². The van der Waals surface area contributed by atoms with E-state index in [1.165, 1.54) is 0 Å². The van der Waals surface area contributed by atoms with Gasteiger partial charge in [-0.15, -0.1) is 0 Å². The van der Waals surface area contributed by atoms with Crippen LogP contribution in [0.2, 0.25) is 0 Å². The fourth-order valence-corrected chi connectivity index (χ4v) is 2.47. The van der Waals surface area contributed by atoms with E-state index in [-0.39, 0.29) is 5.75 Å². The fourth-order valence-electron chi connectivity index (χ4n) is 1.91. The molecule has 4 nitrogen and oxygen atoms in total. The summed E-state index contributed by atoms with van der Waals surface area (Å²) in [7, 11) is -0.493. The van der Waals surface area contributed by atoms with E-state index in [2.05, 4.69) is 33.5 Å². The monoisotopic (exact) mass is 371 g/mol. The minimum Gasteiger partial charge on any atom is -0.506 e. The highest BCUT2D eigenvalue weighted by atomic mass is 79.9. The summed E-state index contributed by atoms with van der Waals surface area (Å²) in [5.41, 5.74) is 0.458. The zero-order chi connectivity index (χ0) is 15.8. The Labute approximate surface area is 139 Å². The van der Waals surface area contributed by atoms with Crippen molar-refractivity contribution in [2.24, 2.45) is 0 Å². The first-order valence-corrected chi connectivity index (χ1v) is 8.11. The van der Waals surface area contributed by atoms with E-state index in [9.17, 15) is 5.11 Å². The van der Waals surface area contributed by atoms with Gasteiger partial charge in [-0.25, -0.2) is 4.98 Å². The van der Waals surface area contributed by atoms with Crippen LogP contribution in [0.15, 0.2) is 22.2 Å². The van der Waals surface area contributed by atoms with Crippen LogP contribution in [0, 0.1) is 0 Å². The lowest BCUT2D eigenvalue weighted by atomic mass is 9.78. The number of aromatic nitrogens is 1. The van der Waals surface area contributed by atoms with Crippen molar-refractivity contribution in [3.8, 4) is 5.75 Å². The van der Waals surface area contributed by atoms with E-state index in [1.807, 2.05) is 27.7 Å². The van der Waals surface area contributed by atoms with Crippen LogP contribution in [0.4, 0.5) is 0 Å². The lowest BCUT2D eigenvalue weighted by molar-refractivity contribution is 0.00578. The Morgan fingerprint density at radius 3 is 2.43 bits per heavy atom. The lowest BCUT2D eigenvalue weighted by Crippen LogP contribution is -2.41. The summed E-state index contributed by atoms with van der Waals surface area (Å²) in [6, 6.07) is 3.27. The molecule has 1 N–H and O–H groups in total. The maximum Gasteiger partial charge on any atom is 0.491 e. The second kappa shape index (κ2) is 5.95. The molecule has 0 spiro atoms. The van der Waals surface area contributed by atoms with Gasteiger partial charge >= 0.3 is 7.12 Å². The van der Waals surface area contributed by atoms with Crippen molar-refractivity contribution in [1.82, 2.24) is 4.98 Å². The third-order valence-corrected chi connectivity index (χ3v) is 4.74. The normalized spacial score (nSPS) is 20.9. The van der Waals surface area contributed by atoms with E-state index in [4.69, 9.17) is 9.31 Å². The predicted molar refractivity (Wildman–Crippen MR) is 91.5 cm³/mol. The van der Waals surface area contributed by atoms with Crippen molar-refractivity contribution >= 4 is 41.8 Å². The number of pyridine rings is 1. The summed E-state index contributed by atoms with van der Waals surface area (Å²) in [5.74, 6) is 0.554. The van der Waals surface area contributed by atoms with Crippen LogP contribution in [0.3, 0.4) is 0 Å². The molecule has 0 aliphatic carbocycles. The van der Waals surface area contributed by atoms with Gasteiger partial charge in [0.05, 0.1) is 11.2 Å². The number of aromatic hydroxyl groups is 1. The van der Waals surface area contributed by atoms with Gasteiger partial charge in [0, 0.05) is 5.75 Å². The van der Waals surface area contributed by atoms with Crippen LogP contribution < -0.4 is 0 Å². The van der Waals surface area contributed by atoms with Crippen LogP contribution in [0.1, 0.15) is 33.4 Å². The standard InChI is InChI=1S/C14H19BBrNO3S/c1-13(2)14(3,4)20-15(19-13)9(8-21)7-10-11(18)5-6-12(16)17-10/h5-7,18,21H,8H2,1-4H3. The van der Waals surface area contributed by atoms with E-state index in [1.54, 1.807) is 18.2 Å². The average Bonchev–Trinajstić information content (AvgIpc) is 2.59. The van der Waals surface area contributed by atoms with Gasteiger partial charge in [0.15, 0.2) is 0 Å². The molecule has 114 valence electrons. The van der Waals surface area contributed by atoms with E-state index < -0.39 is 18.3 Å². The smallest absolute Gasteiger partial charge is 0.491 e. The Bertz CT molecular complexity index is 561. The molecule has 1 aromatic heterocycles. The summed E-state index contributed by atoms with van der Waals surface area (Å²) in [6.07, 6.45) is 1.76. The van der Waals surface area contributed by atoms with Crippen LogP contribution in [-0.4, -0.2) is 34.2 Å². The molecule has 0 bridgehead atoms. The molecule has 2 rings (SSSR count). The number of hydrogen-bond acceptors (Lipinski definition) is 5. The van der Waals surface area contributed by atoms with Crippen molar-refractivity contribution in [3.63, 3.8) is 0 Å². The first-order chi connectivity index (χ1) is 9.66. The highest BCUT2D eigenvalue weighted by Crippen LogP contribution is 2.39. The van der Waals surface area contributed by atoms with Crippen LogP contribution in [0.25, 0.3) is 6.08 Å². The van der Waals surface area contributed by atoms with Gasteiger partial charge in [0.2, 0.25) is 0 Å². The van der Waals surface area contributed by atoms with Crippen molar-refractivity contribution < 1.29 is 14.4 Å². The molecule has 0 aromatic carbocycles. The third-order valence-electron chi connectivity index (χ3n) is 3.93. The van der Waals surface area contributed by atoms with Gasteiger partial charge in [-0.3, -0.25) is 0 Å². The molecule has 1 aliphatic heterocycles. The minimum absolute atomic E-state index is 0.106. The Hall–Kier alpha value is -0.495. The minimum atomic E-state index is -0.493. The average molecular weight is 372 g/mol. The zero-order valence-electron chi connectivity index (χ0n) is 12.6. The Balaban J connectivity index is 2.33. The van der Waals surface area contributed by atoms with E-state index in [0.29, 0.717) is 16.0 Å². The number of nitrogens with zero attached hydrogens (tertiary/aromatic N) is 1.